The van der Waals surface area contributed by atoms with Gasteiger partial charge in [-0.15, -0.1) is 0 Å². The molecule has 0 fully saturated rings. The molecule has 1 atom stereocenters. The number of hydrogen-bond donors (Lipinski definition) is 1. The maximum absolute atomic E-state index is 6.27. The normalized spacial score (nSPS) is 12.0. The van der Waals surface area contributed by atoms with E-state index in [-0.39, 0.29) is 6.04 Å². The van der Waals surface area contributed by atoms with E-state index < -0.39 is 0 Å². The first-order valence-electron chi connectivity index (χ1n) is 6.97. The predicted octanol–water partition coefficient (Wildman–Crippen LogP) is 3.98. The molecule has 21 heavy (non-hydrogen) atoms. The lowest BCUT2D eigenvalue weighted by molar-refractivity contribution is 0.414. The summed E-state index contributed by atoms with van der Waals surface area (Å²) in [5.74, 6) is 0.886. The zero-order valence-corrected chi connectivity index (χ0v) is 14.0. The molecule has 2 aromatic rings. The van der Waals surface area contributed by atoms with Crippen molar-refractivity contribution < 1.29 is 4.74 Å². The van der Waals surface area contributed by atoms with E-state index in [1.165, 1.54) is 0 Å². The number of anilines is 1. The van der Waals surface area contributed by atoms with Crippen LogP contribution in [0.3, 0.4) is 0 Å². The van der Waals surface area contributed by atoms with Crippen LogP contribution in [0.2, 0.25) is 0 Å². The Bertz CT molecular complexity index is 571. The minimum absolute atomic E-state index is 0.0373. The van der Waals surface area contributed by atoms with Gasteiger partial charge < -0.3 is 15.4 Å². The minimum atomic E-state index is 0.0373. The van der Waals surface area contributed by atoms with Crippen LogP contribution in [0.5, 0.6) is 5.75 Å². The molecule has 0 aromatic heterocycles. The Balaban J connectivity index is 1.97. The molecule has 112 valence electrons. The Hall–Kier alpha value is -1.52. The summed E-state index contributed by atoms with van der Waals surface area (Å²) >= 11 is 3.44. The third-order valence-corrected chi connectivity index (χ3v) is 4.10. The fraction of sp³-hybridized carbons (Fsp3) is 0.294. The third-order valence-electron chi connectivity index (χ3n) is 3.57. The molecule has 0 saturated heterocycles. The van der Waals surface area contributed by atoms with Crippen LogP contribution in [-0.4, -0.2) is 20.7 Å². The van der Waals surface area contributed by atoms with Crippen molar-refractivity contribution in [3.63, 3.8) is 0 Å². The fourth-order valence-electron chi connectivity index (χ4n) is 2.27. The first kappa shape index (κ1) is 15.9. The number of halogens is 1. The molecule has 0 amide bonds. The van der Waals surface area contributed by atoms with E-state index in [9.17, 15) is 0 Å². The van der Waals surface area contributed by atoms with Gasteiger partial charge in [0, 0.05) is 24.1 Å². The number of ether oxygens (including phenoxy) is 1. The standard InChI is InChI=1S/C17H21BrN2O/c1-20(16-5-3-4-6-17(16)21-2)12-11-15(19)13-7-9-14(18)10-8-13/h3-10,15H,11-12,19H2,1-2H3. The van der Waals surface area contributed by atoms with Crippen LogP contribution in [0.4, 0.5) is 5.69 Å². The summed E-state index contributed by atoms with van der Waals surface area (Å²) < 4.78 is 6.47. The summed E-state index contributed by atoms with van der Waals surface area (Å²) in [4.78, 5) is 2.18. The molecule has 0 aliphatic carbocycles. The number of nitrogens with two attached hydrogens (primary N) is 1. The molecule has 0 aliphatic rings. The van der Waals surface area contributed by atoms with Gasteiger partial charge >= 0.3 is 0 Å². The summed E-state index contributed by atoms with van der Waals surface area (Å²) in [6.45, 7) is 0.873. The van der Waals surface area contributed by atoms with Crippen LogP contribution in [0.15, 0.2) is 53.0 Å². The van der Waals surface area contributed by atoms with Gasteiger partial charge in [-0.25, -0.2) is 0 Å². The highest BCUT2D eigenvalue weighted by atomic mass is 79.9. The van der Waals surface area contributed by atoms with Gasteiger partial charge in [-0.05, 0) is 36.2 Å². The third kappa shape index (κ3) is 4.22. The van der Waals surface area contributed by atoms with Crippen molar-refractivity contribution in [1.29, 1.82) is 0 Å². The number of nitrogens with zero attached hydrogens (tertiary/aromatic N) is 1. The molecule has 0 aliphatic heterocycles. The predicted molar refractivity (Wildman–Crippen MR) is 92.0 cm³/mol. The highest BCUT2D eigenvalue weighted by Crippen LogP contribution is 2.27. The maximum Gasteiger partial charge on any atom is 0.142 e. The quantitative estimate of drug-likeness (QED) is 0.857. The van der Waals surface area contributed by atoms with E-state index in [1.807, 2.05) is 30.3 Å². The lowest BCUT2D eigenvalue weighted by atomic mass is 10.0. The highest BCUT2D eigenvalue weighted by molar-refractivity contribution is 9.10. The van der Waals surface area contributed by atoms with Crippen LogP contribution in [-0.2, 0) is 0 Å². The smallest absolute Gasteiger partial charge is 0.142 e. The molecule has 4 heteroatoms. The van der Waals surface area contributed by atoms with E-state index in [1.54, 1.807) is 7.11 Å². The molecule has 2 rings (SSSR count). The van der Waals surface area contributed by atoms with E-state index in [4.69, 9.17) is 10.5 Å². The van der Waals surface area contributed by atoms with Gasteiger partial charge in [0.05, 0.1) is 12.8 Å². The van der Waals surface area contributed by atoms with Crippen molar-refractivity contribution in [3.8, 4) is 5.75 Å². The number of benzene rings is 2. The van der Waals surface area contributed by atoms with Crippen LogP contribution in [0, 0.1) is 0 Å². The fourth-order valence-corrected chi connectivity index (χ4v) is 2.54. The van der Waals surface area contributed by atoms with Crippen molar-refractivity contribution in [2.24, 2.45) is 5.73 Å². The van der Waals surface area contributed by atoms with Crippen molar-refractivity contribution >= 4 is 21.6 Å². The second-order valence-electron chi connectivity index (χ2n) is 5.04. The lowest BCUT2D eigenvalue weighted by Gasteiger charge is -2.23. The number of para-hydroxylation sites is 2. The monoisotopic (exact) mass is 348 g/mol. The largest absolute Gasteiger partial charge is 0.495 e. The van der Waals surface area contributed by atoms with Crippen molar-refractivity contribution in [2.45, 2.75) is 12.5 Å². The van der Waals surface area contributed by atoms with E-state index in [0.717, 1.165) is 34.4 Å². The SMILES string of the molecule is COc1ccccc1N(C)CCC(N)c1ccc(Br)cc1. The molecule has 0 bridgehead atoms. The topological polar surface area (TPSA) is 38.5 Å². The van der Waals surface area contributed by atoms with Crippen LogP contribution in [0.1, 0.15) is 18.0 Å². The van der Waals surface area contributed by atoms with Crippen LogP contribution >= 0.6 is 15.9 Å². The molecule has 0 heterocycles. The average molecular weight is 349 g/mol. The Morgan fingerprint density at radius 2 is 1.81 bits per heavy atom. The Morgan fingerprint density at radius 3 is 2.48 bits per heavy atom. The first-order valence-corrected chi connectivity index (χ1v) is 7.76. The lowest BCUT2D eigenvalue weighted by Crippen LogP contribution is -2.23. The zero-order chi connectivity index (χ0) is 15.2. The first-order chi connectivity index (χ1) is 10.1. The summed E-state index contributed by atoms with van der Waals surface area (Å²) in [6, 6.07) is 16.3. The maximum atomic E-state index is 6.27. The van der Waals surface area contributed by atoms with E-state index >= 15 is 0 Å². The van der Waals surface area contributed by atoms with Gasteiger partial charge in [-0.3, -0.25) is 0 Å². The zero-order valence-electron chi connectivity index (χ0n) is 12.4. The molecular formula is C17H21BrN2O. The van der Waals surface area contributed by atoms with Gasteiger partial charge in [0.2, 0.25) is 0 Å². The summed E-state index contributed by atoms with van der Waals surface area (Å²) in [5, 5.41) is 0. The second kappa shape index (κ2) is 7.48. The minimum Gasteiger partial charge on any atom is -0.495 e. The second-order valence-corrected chi connectivity index (χ2v) is 5.96. The Morgan fingerprint density at radius 1 is 1.14 bits per heavy atom. The van der Waals surface area contributed by atoms with Gasteiger partial charge in [-0.2, -0.15) is 0 Å². The van der Waals surface area contributed by atoms with Crippen LogP contribution in [0.25, 0.3) is 0 Å². The van der Waals surface area contributed by atoms with E-state index in [0.29, 0.717) is 0 Å². The molecule has 2 N–H and O–H groups in total. The van der Waals surface area contributed by atoms with E-state index in [2.05, 4.69) is 46.1 Å². The number of methoxy groups -OCH3 is 1. The molecule has 2 aromatic carbocycles. The molecule has 3 nitrogen and oxygen atoms in total. The van der Waals surface area contributed by atoms with Crippen molar-refractivity contribution in [3.05, 3.63) is 58.6 Å². The van der Waals surface area contributed by atoms with Gasteiger partial charge in [0.25, 0.3) is 0 Å². The highest BCUT2D eigenvalue weighted by Gasteiger charge is 2.10. The van der Waals surface area contributed by atoms with Crippen LogP contribution < -0.4 is 15.4 Å². The Kier molecular flexibility index (Phi) is 5.65. The number of hydrogen-bond acceptors (Lipinski definition) is 3. The van der Waals surface area contributed by atoms with Crippen molar-refractivity contribution in [1.82, 2.24) is 0 Å². The molecular weight excluding hydrogens is 328 g/mol. The summed E-state index contributed by atoms with van der Waals surface area (Å²) in [7, 11) is 3.76. The Labute approximate surface area is 134 Å². The van der Waals surface area contributed by atoms with Gasteiger partial charge in [0.15, 0.2) is 0 Å². The van der Waals surface area contributed by atoms with Crippen molar-refractivity contribution in [2.75, 3.05) is 25.6 Å². The number of rotatable bonds is 6. The van der Waals surface area contributed by atoms with Gasteiger partial charge in [0.1, 0.15) is 5.75 Å². The average Bonchev–Trinajstić information content (AvgIpc) is 2.52. The van der Waals surface area contributed by atoms with Gasteiger partial charge in [-0.1, -0.05) is 40.2 Å². The molecule has 0 saturated carbocycles. The molecule has 0 spiro atoms. The molecule has 1 unspecified atom stereocenters. The molecule has 0 radical (unpaired) electrons. The summed E-state index contributed by atoms with van der Waals surface area (Å²) in [5.41, 5.74) is 8.51. The summed E-state index contributed by atoms with van der Waals surface area (Å²) in [6.07, 6.45) is 0.885.